The van der Waals surface area contributed by atoms with Crippen molar-refractivity contribution in [2.24, 2.45) is 5.73 Å². The lowest BCUT2D eigenvalue weighted by atomic mass is 9.97. The first kappa shape index (κ1) is 15.2. The van der Waals surface area contributed by atoms with E-state index >= 15 is 0 Å². The van der Waals surface area contributed by atoms with Gasteiger partial charge in [-0.25, -0.2) is 0 Å². The van der Waals surface area contributed by atoms with E-state index in [-0.39, 0.29) is 18.2 Å². The zero-order valence-electron chi connectivity index (χ0n) is 11.4. The lowest BCUT2D eigenvalue weighted by Crippen LogP contribution is -2.45. The highest BCUT2D eigenvalue weighted by molar-refractivity contribution is 5.97. The summed E-state index contributed by atoms with van der Waals surface area (Å²) >= 11 is 0. The summed E-state index contributed by atoms with van der Waals surface area (Å²) in [4.78, 5) is 22.3. The van der Waals surface area contributed by atoms with Crippen LogP contribution >= 0.6 is 0 Å². The fourth-order valence-corrected chi connectivity index (χ4v) is 1.57. The van der Waals surface area contributed by atoms with E-state index in [9.17, 15) is 9.59 Å². The van der Waals surface area contributed by atoms with E-state index in [1.54, 1.807) is 26.0 Å². The average Bonchev–Trinajstić information content (AvgIpc) is 2.27. The molecule has 0 spiro atoms. The van der Waals surface area contributed by atoms with Crippen LogP contribution in [-0.2, 0) is 9.59 Å². The van der Waals surface area contributed by atoms with Crippen molar-refractivity contribution in [2.45, 2.75) is 38.6 Å². The molecule has 0 heterocycles. The molecule has 1 atom stereocenters. The van der Waals surface area contributed by atoms with Gasteiger partial charge in [-0.1, -0.05) is 19.1 Å². The van der Waals surface area contributed by atoms with Crippen LogP contribution in [0.3, 0.4) is 0 Å². The number of rotatable bonds is 5. The van der Waals surface area contributed by atoms with Crippen LogP contribution in [0, 0.1) is 0 Å². The second kappa shape index (κ2) is 5.84. The second-order valence-electron chi connectivity index (χ2n) is 5.30. The largest absolute Gasteiger partial charge is 0.481 e. The SMILES string of the molecule is CC(CC(=O)O)c1ccc(NC(=O)C(C)(C)N)cc1. The van der Waals surface area contributed by atoms with Crippen molar-refractivity contribution in [3.63, 3.8) is 0 Å². The first-order chi connectivity index (χ1) is 8.70. The van der Waals surface area contributed by atoms with Crippen molar-refractivity contribution < 1.29 is 14.7 Å². The number of hydrogen-bond donors (Lipinski definition) is 3. The fourth-order valence-electron chi connectivity index (χ4n) is 1.57. The molecule has 0 saturated heterocycles. The molecule has 1 aromatic rings. The van der Waals surface area contributed by atoms with Gasteiger partial charge in [-0.3, -0.25) is 9.59 Å². The summed E-state index contributed by atoms with van der Waals surface area (Å²) in [5, 5.41) is 11.4. The minimum Gasteiger partial charge on any atom is -0.481 e. The molecule has 0 radical (unpaired) electrons. The van der Waals surface area contributed by atoms with E-state index in [2.05, 4.69) is 5.32 Å². The molecule has 0 aliphatic rings. The zero-order valence-corrected chi connectivity index (χ0v) is 11.4. The van der Waals surface area contributed by atoms with Gasteiger partial charge in [-0.2, -0.15) is 0 Å². The minimum absolute atomic E-state index is 0.0619. The standard InChI is InChI=1S/C14H20N2O3/c1-9(8-12(17)18)10-4-6-11(7-5-10)16-13(19)14(2,3)15/h4-7,9H,8,15H2,1-3H3,(H,16,19)(H,17,18). The summed E-state index contributed by atoms with van der Waals surface area (Å²) in [5.74, 6) is -1.15. The van der Waals surface area contributed by atoms with Crippen molar-refractivity contribution in [2.75, 3.05) is 5.32 Å². The van der Waals surface area contributed by atoms with Crippen molar-refractivity contribution in [3.05, 3.63) is 29.8 Å². The van der Waals surface area contributed by atoms with Gasteiger partial charge in [-0.05, 0) is 37.5 Å². The average molecular weight is 264 g/mol. The molecule has 1 amide bonds. The molecular formula is C14H20N2O3. The van der Waals surface area contributed by atoms with Gasteiger partial charge in [0.25, 0.3) is 0 Å². The van der Waals surface area contributed by atoms with E-state index in [0.717, 1.165) is 5.56 Å². The number of hydrogen-bond acceptors (Lipinski definition) is 3. The number of nitrogens with two attached hydrogens (primary N) is 1. The first-order valence-corrected chi connectivity index (χ1v) is 6.12. The van der Waals surface area contributed by atoms with Crippen LogP contribution in [0.5, 0.6) is 0 Å². The lowest BCUT2D eigenvalue weighted by molar-refractivity contribution is -0.137. The van der Waals surface area contributed by atoms with Crippen molar-refractivity contribution in [1.29, 1.82) is 0 Å². The van der Waals surface area contributed by atoms with Gasteiger partial charge in [0, 0.05) is 5.69 Å². The van der Waals surface area contributed by atoms with E-state index in [1.165, 1.54) is 0 Å². The highest BCUT2D eigenvalue weighted by Crippen LogP contribution is 2.21. The summed E-state index contributed by atoms with van der Waals surface area (Å²) < 4.78 is 0. The summed E-state index contributed by atoms with van der Waals surface area (Å²) in [6, 6.07) is 7.12. The maximum absolute atomic E-state index is 11.7. The molecular weight excluding hydrogens is 244 g/mol. The van der Waals surface area contributed by atoms with Gasteiger partial charge < -0.3 is 16.2 Å². The smallest absolute Gasteiger partial charge is 0.303 e. The van der Waals surface area contributed by atoms with Crippen LogP contribution < -0.4 is 11.1 Å². The Balaban J connectivity index is 2.72. The van der Waals surface area contributed by atoms with Crippen molar-refractivity contribution in [3.8, 4) is 0 Å². The van der Waals surface area contributed by atoms with Crippen LogP contribution in [0.25, 0.3) is 0 Å². The number of carboxylic acids is 1. The Morgan fingerprint density at radius 3 is 2.26 bits per heavy atom. The third-order valence-corrected chi connectivity index (χ3v) is 2.80. The Morgan fingerprint density at radius 2 is 1.84 bits per heavy atom. The maximum Gasteiger partial charge on any atom is 0.303 e. The molecule has 104 valence electrons. The van der Waals surface area contributed by atoms with Gasteiger partial charge in [0.1, 0.15) is 0 Å². The van der Waals surface area contributed by atoms with Crippen LogP contribution in [0.2, 0.25) is 0 Å². The number of aliphatic carboxylic acids is 1. The predicted molar refractivity (Wildman–Crippen MR) is 74.0 cm³/mol. The summed E-state index contributed by atoms with van der Waals surface area (Å²) in [6.45, 7) is 5.11. The van der Waals surface area contributed by atoms with Gasteiger partial charge in [0.05, 0.1) is 12.0 Å². The molecule has 5 heteroatoms. The Kier molecular flexibility index (Phi) is 4.67. The van der Waals surface area contributed by atoms with E-state index < -0.39 is 11.5 Å². The minimum atomic E-state index is -0.935. The molecule has 1 rings (SSSR count). The van der Waals surface area contributed by atoms with Crippen LogP contribution in [-0.4, -0.2) is 22.5 Å². The topological polar surface area (TPSA) is 92.4 Å². The highest BCUT2D eigenvalue weighted by Gasteiger charge is 2.21. The normalized spacial score (nSPS) is 12.8. The molecule has 4 N–H and O–H groups in total. The Morgan fingerprint density at radius 1 is 1.32 bits per heavy atom. The van der Waals surface area contributed by atoms with Crippen LogP contribution in [0.15, 0.2) is 24.3 Å². The van der Waals surface area contributed by atoms with Gasteiger partial charge in [-0.15, -0.1) is 0 Å². The summed E-state index contributed by atoms with van der Waals surface area (Å²) in [5.41, 5.74) is 6.32. The van der Waals surface area contributed by atoms with E-state index in [4.69, 9.17) is 10.8 Å². The molecule has 0 aliphatic carbocycles. The number of benzene rings is 1. The Bertz CT molecular complexity index is 461. The van der Waals surface area contributed by atoms with Gasteiger partial charge in [0.15, 0.2) is 0 Å². The van der Waals surface area contributed by atoms with Crippen LogP contribution in [0.1, 0.15) is 38.7 Å². The molecule has 0 saturated carbocycles. The summed E-state index contributed by atoms with van der Waals surface area (Å²) in [6.07, 6.45) is 0.0849. The number of nitrogens with one attached hydrogen (secondary N) is 1. The molecule has 1 aromatic carbocycles. The third kappa shape index (κ3) is 4.71. The molecule has 1 unspecified atom stereocenters. The number of anilines is 1. The highest BCUT2D eigenvalue weighted by atomic mass is 16.4. The predicted octanol–water partition coefficient (Wildman–Crippen LogP) is 1.94. The van der Waals surface area contributed by atoms with Crippen LogP contribution in [0.4, 0.5) is 5.69 Å². The Hall–Kier alpha value is -1.88. The quantitative estimate of drug-likeness (QED) is 0.757. The molecule has 5 nitrogen and oxygen atoms in total. The van der Waals surface area contributed by atoms with E-state index in [1.807, 2.05) is 19.1 Å². The van der Waals surface area contributed by atoms with Crippen molar-refractivity contribution >= 4 is 17.6 Å². The monoisotopic (exact) mass is 264 g/mol. The zero-order chi connectivity index (χ0) is 14.6. The molecule has 19 heavy (non-hydrogen) atoms. The molecule has 0 bridgehead atoms. The molecule has 0 aromatic heterocycles. The van der Waals surface area contributed by atoms with Crippen molar-refractivity contribution in [1.82, 2.24) is 0 Å². The number of amides is 1. The number of carboxylic acid groups (broad SMARTS) is 1. The summed E-state index contributed by atoms with van der Waals surface area (Å²) in [7, 11) is 0. The van der Waals surface area contributed by atoms with Gasteiger partial charge >= 0.3 is 5.97 Å². The second-order valence-corrected chi connectivity index (χ2v) is 5.30. The lowest BCUT2D eigenvalue weighted by Gasteiger charge is -2.18. The fraction of sp³-hybridized carbons (Fsp3) is 0.429. The van der Waals surface area contributed by atoms with E-state index in [0.29, 0.717) is 5.69 Å². The Labute approximate surface area is 112 Å². The first-order valence-electron chi connectivity index (χ1n) is 6.12. The van der Waals surface area contributed by atoms with Gasteiger partial charge in [0.2, 0.25) is 5.91 Å². The maximum atomic E-state index is 11.7. The third-order valence-electron chi connectivity index (χ3n) is 2.80. The number of carbonyl (C=O) groups excluding carboxylic acids is 1. The number of carbonyl (C=O) groups is 2. The molecule has 0 aliphatic heterocycles. The molecule has 0 fully saturated rings.